The standard InChI is InChI=1S/C36H66N6O12/c1-3-5-7-9-11-13-15-17-49-23-26(24-50-18-16-14-12-10-8-6-4-2)51-22-25-20-42(41-39-25)21-28-30(44)32(46)34(48)36(53-28)54-35-33(47)31(45)29(43)27(52-35)19-38-40-37/h20,26-36,43-48H,3-19,21-24H2,1-2H3/t27?,28?,29-,30-,31?,32?,33?,34?,35-,36-/m1/s1. The van der Waals surface area contributed by atoms with Crippen LogP contribution in [0.4, 0.5) is 0 Å². The molecule has 1 aromatic heterocycles. The lowest BCUT2D eigenvalue weighted by molar-refractivity contribution is -0.373. The van der Waals surface area contributed by atoms with E-state index >= 15 is 0 Å². The Bertz CT molecular complexity index is 1140. The predicted octanol–water partition coefficient (Wildman–Crippen LogP) is 2.64. The zero-order valence-electron chi connectivity index (χ0n) is 32.1. The van der Waals surface area contributed by atoms with Crippen molar-refractivity contribution in [2.45, 2.75) is 184 Å². The molecule has 10 atom stereocenters. The van der Waals surface area contributed by atoms with Gasteiger partial charge in [-0.05, 0) is 18.4 Å². The molecule has 54 heavy (non-hydrogen) atoms. The molecule has 6 unspecified atom stereocenters. The summed E-state index contributed by atoms with van der Waals surface area (Å²) in [7, 11) is 0. The summed E-state index contributed by atoms with van der Waals surface area (Å²) in [5, 5.41) is 74.4. The third-order valence-electron chi connectivity index (χ3n) is 9.74. The molecule has 0 spiro atoms. The minimum Gasteiger partial charge on any atom is -0.388 e. The topological polar surface area (TPSA) is 256 Å². The van der Waals surface area contributed by atoms with Crippen LogP contribution >= 0.6 is 0 Å². The molecule has 0 amide bonds. The van der Waals surface area contributed by atoms with Crippen molar-refractivity contribution < 1.29 is 59.1 Å². The van der Waals surface area contributed by atoms with Crippen LogP contribution in [0.3, 0.4) is 0 Å². The first-order valence-corrected chi connectivity index (χ1v) is 19.9. The Morgan fingerprint density at radius 1 is 0.722 bits per heavy atom. The van der Waals surface area contributed by atoms with E-state index in [1.165, 1.54) is 68.9 Å². The zero-order valence-corrected chi connectivity index (χ0v) is 32.1. The van der Waals surface area contributed by atoms with E-state index in [-0.39, 0.29) is 25.8 Å². The molecule has 2 fully saturated rings. The van der Waals surface area contributed by atoms with Gasteiger partial charge in [-0.1, -0.05) is 101 Å². The van der Waals surface area contributed by atoms with Crippen molar-refractivity contribution in [3.05, 3.63) is 22.3 Å². The van der Waals surface area contributed by atoms with Crippen LogP contribution in [0.15, 0.2) is 11.3 Å². The number of aliphatic hydroxyl groups excluding tert-OH is 6. The Hall–Kier alpha value is -2.03. The number of unbranched alkanes of at least 4 members (excludes halogenated alkanes) is 12. The summed E-state index contributed by atoms with van der Waals surface area (Å²) >= 11 is 0. The van der Waals surface area contributed by atoms with Gasteiger partial charge in [-0.3, -0.25) is 0 Å². The van der Waals surface area contributed by atoms with Crippen molar-refractivity contribution in [1.29, 1.82) is 0 Å². The number of hydrogen-bond acceptors (Lipinski definition) is 15. The minimum atomic E-state index is -1.78. The van der Waals surface area contributed by atoms with Crippen molar-refractivity contribution in [2.75, 3.05) is 33.0 Å². The first-order chi connectivity index (χ1) is 26.2. The fourth-order valence-corrected chi connectivity index (χ4v) is 6.39. The SMILES string of the molecule is CCCCCCCCCOCC(COCCCCCCCCC)OCc1cn(CC2O[C@H](O[C@H]3OC(CN=[N+]=[N-])[C@@H](O)C(O)C3O)C(O)C(O)[C@@H]2O)nn1. The smallest absolute Gasteiger partial charge is 0.189 e. The molecule has 0 aliphatic carbocycles. The van der Waals surface area contributed by atoms with Crippen molar-refractivity contribution in [3.8, 4) is 0 Å². The Kier molecular flexibility index (Phi) is 23.0. The Balaban J connectivity index is 1.51. The lowest BCUT2D eigenvalue weighted by Gasteiger charge is -2.44. The maximum absolute atomic E-state index is 10.7. The number of nitrogens with zero attached hydrogens (tertiary/aromatic N) is 6. The molecule has 2 aliphatic rings. The van der Waals surface area contributed by atoms with Gasteiger partial charge in [0.05, 0.1) is 45.2 Å². The third kappa shape index (κ3) is 16.2. The number of rotatable bonds is 29. The van der Waals surface area contributed by atoms with Gasteiger partial charge in [0.25, 0.3) is 0 Å². The van der Waals surface area contributed by atoms with Crippen molar-refractivity contribution in [1.82, 2.24) is 15.0 Å². The van der Waals surface area contributed by atoms with Crippen LogP contribution in [0, 0.1) is 0 Å². The largest absolute Gasteiger partial charge is 0.388 e. The Morgan fingerprint density at radius 3 is 1.76 bits per heavy atom. The van der Waals surface area contributed by atoms with E-state index < -0.39 is 61.4 Å². The van der Waals surface area contributed by atoms with Gasteiger partial charge in [0, 0.05) is 18.1 Å². The van der Waals surface area contributed by atoms with Gasteiger partial charge in [-0.15, -0.1) is 5.10 Å². The first kappa shape index (κ1) is 46.4. The summed E-state index contributed by atoms with van der Waals surface area (Å²) in [5.41, 5.74) is 9.12. The molecule has 2 saturated heterocycles. The number of aromatic nitrogens is 3. The van der Waals surface area contributed by atoms with Crippen LogP contribution < -0.4 is 0 Å². The molecule has 2 aliphatic heterocycles. The Labute approximate surface area is 318 Å². The molecule has 0 saturated carbocycles. The molecule has 3 heterocycles. The molecule has 3 rings (SSSR count). The molecule has 0 bridgehead atoms. The van der Waals surface area contributed by atoms with E-state index in [2.05, 4.69) is 34.2 Å². The van der Waals surface area contributed by atoms with Crippen LogP contribution in [0.2, 0.25) is 0 Å². The van der Waals surface area contributed by atoms with Gasteiger partial charge >= 0.3 is 0 Å². The highest BCUT2D eigenvalue weighted by molar-refractivity contribution is 4.95. The summed E-state index contributed by atoms with van der Waals surface area (Å²) in [6.45, 7) is 6.13. The quantitative estimate of drug-likeness (QED) is 0.0296. The second-order valence-electron chi connectivity index (χ2n) is 14.3. The maximum Gasteiger partial charge on any atom is 0.189 e. The fraction of sp³-hybridized carbons (Fsp3) is 0.944. The molecule has 312 valence electrons. The van der Waals surface area contributed by atoms with E-state index in [4.69, 9.17) is 34.0 Å². The van der Waals surface area contributed by atoms with E-state index in [9.17, 15) is 30.6 Å². The summed E-state index contributed by atoms with van der Waals surface area (Å²) in [5.74, 6) is 0. The second-order valence-corrected chi connectivity index (χ2v) is 14.3. The highest BCUT2D eigenvalue weighted by Crippen LogP contribution is 2.29. The molecular formula is C36H66N6O12. The molecule has 1 aromatic rings. The van der Waals surface area contributed by atoms with Crippen LogP contribution in [-0.4, -0.2) is 146 Å². The molecule has 6 N–H and O–H groups in total. The average molecular weight is 775 g/mol. The van der Waals surface area contributed by atoms with Crippen molar-refractivity contribution in [2.24, 2.45) is 5.11 Å². The summed E-state index contributed by atoms with van der Waals surface area (Å²) in [6, 6.07) is 0. The second kappa shape index (κ2) is 26.8. The monoisotopic (exact) mass is 774 g/mol. The van der Waals surface area contributed by atoms with E-state index in [0.29, 0.717) is 32.1 Å². The number of ether oxygens (including phenoxy) is 6. The summed E-state index contributed by atoms with van der Waals surface area (Å²) in [4.78, 5) is 2.60. The van der Waals surface area contributed by atoms with Crippen LogP contribution in [-0.2, 0) is 41.6 Å². The molecular weight excluding hydrogens is 708 g/mol. The van der Waals surface area contributed by atoms with Crippen LogP contribution in [0.5, 0.6) is 0 Å². The van der Waals surface area contributed by atoms with Gasteiger partial charge in [0.15, 0.2) is 12.6 Å². The lowest BCUT2D eigenvalue weighted by Crippen LogP contribution is -2.63. The highest BCUT2D eigenvalue weighted by Gasteiger charge is 2.49. The maximum atomic E-state index is 10.7. The van der Waals surface area contributed by atoms with E-state index in [1.807, 2.05) is 0 Å². The van der Waals surface area contributed by atoms with Crippen molar-refractivity contribution >= 4 is 0 Å². The lowest BCUT2D eigenvalue weighted by atomic mass is 9.97. The summed E-state index contributed by atoms with van der Waals surface area (Å²) < 4.78 is 36.3. The van der Waals surface area contributed by atoms with Gasteiger partial charge in [-0.2, -0.15) is 0 Å². The van der Waals surface area contributed by atoms with Gasteiger partial charge in [0.1, 0.15) is 54.5 Å². The number of azide groups is 1. The van der Waals surface area contributed by atoms with Gasteiger partial charge < -0.3 is 59.1 Å². The molecule has 0 radical (unpaired) electrons. The first-order valence-electron chi connectivity index (χ1n) is 19.9. The summed E-state index contributed by atoms with van der Waals surface area (Å²) in [6.07, 6.45) is 2.26. The fourth-order valence-electron chi connectivity index (χ4n) is 6.39. The van der Waals surface area contributed by atoms with E-state index in [1.54, 1.807) is 6.20 Å². The highest BCUT2D eigenvalue weighted by atomic mass is 16.8. The molecule has 0 aromatic carbocycles. The van der Waals surface area contributed by atoms with Gasteiger partial charge in [0.2, 0.25) is 0 Å². The minimum absolute atomic E-state index is 0.112. The van der Waals surface area contributed by atoms with Crippen molar-refractivity contribution in [3.63, 3.8) is 0 Å². The zero-order chi connectivity index (χ0) is 39.1. The van der Waals surface area contributed by atoms with Crippen LogP contribution in [0.25, 0.3) is 10.4 Å². The molecule has 18 heteroatoms. The van der Waals surface area contributed by atoms with E-state index in [0.717, 1.165) is 25.7 Å². The average Bonchev–Trinajstić information content (AvgIpc) is 3.62. The predicted molar refractivity (Wildman–Crippen MR) is 195 cm³/mol. The molecule has 18 nitrogen and oxygen atoms in total. The Morgan fingerprint density at radius 2 is 1.22 bits per heavy atom. The number of hydrogen-bond donors (Lipinski definition) is 6. The van der Waals surface area contributed by atoms with Gasteiger partial charge in [-0.25, -0.2) is 4.68 Å². The number of aliphatic hydroxyl groups is 6. The van der Waals surface area contributed by atoms with Crippen LogP contribution in [0.1, 0.15) is 109 Å². The third-order valence-corrected chi connectivity index (χ3v) is 9.74. The normalized spacial score (nSPS) is 28.8.